The Hall–Kier alpha value is -0.640. The Morgan fingerprint density at radius 2 is 1.90 bits per heavy atom. The van der Waals surface area contributed by atoms with Crippen LogP contribution >= 0.6 is 11.6 Å². The van der Waals surface area contributed by atoms with Gasteiger partial charge in [0.05, 0.1) is 6.04 Å². The van der Waals surface area contributed by atoms with Crippen LogP contribution in [0.3, 0.4) is 0 Å². The Labute approximate surface area is 131 Å². The Bertz CT molecular complexity index is 494. The first-order valence-corrected chi connectivity index (χ1v) is 8.48. The van der Waals surface area contributed by atoms with E-state index in [9.17, 15) is 4.39 Å². The first-order chi connectivity index (χ1) is 10.2. The predicted molar refractivity (Wildman–Crippen MR) is 84.3 cm³/mol. The van der Waals surface area contributed by atoms with Gasteiger partial charge >= 0.3 is 0 Å². The van der Waals surface area contributed by atoms with Crippen LogP contribution in [0, 0.1) is 23.6 Å². The Balaban J connectivity index is 1.78. The lowest BCUT2D eigenvalue weighted by molar-refractivity contribution is 0.109. The molecule has 0 bridgehead atoms. The van der Waals surface area contributed by atoms with Crippen molar-refractivity contribution in [3.63, 3.8) is 0 Å². The molecule has 21 heavy (non-hydrogen) atoms. The van der Waals surface area contributed by atoms with Crippen molar-refractivity contribution >= 4 is 11.6 Å². The number of benzene rings is 1. The van der Waals surface area contributed by atoms with Crippen molar-refractivity contribution in [1.29, 1.82) is 0 Å². The standard InChI is InChI=1S/C17H24ClFN2/c18-16-8-7-14(19)10-15(16)17(21-20)13-6-5-11-3-1-2-4-12(11)9-13/h7-8,10-13,17,21H,1-6,9,20H2. The molecule has 1 aromatic rings. The lowest BCUT2D eigenvalue weighted by Crippen LogP contribution is -2.38. The van der Waals surface area contributed by atoms with Gasteiger partial charge in [-0.3, -0.25) is 11.3 Å². The second kappa shape index (κ2) is 6.64. The number of hydrazine groups is 1. The molecule has 3 N–H and O–H groups in total. The molecule has 3 rings (SSSR count). The molecule has 2 aliphatic rings. The molecule has 0 spiro atoms. The van der Waals surface area contributed by atoms with E-state index < -0.39 is 0 Å². The highest BCUT2D eigenvalue weighted by molar-refractivity contribution is 6.31. The molecule has 4 heteroatoms. The molecule has 0 heterocycles. The summed E-state index contributed by atoms with van der Waals surface area (Å²) in [5.74, 6) is 7.71. The van der Waals surface area contributed by atoms with Crippen LogP contribution in [0.4, 0.5) is 4.39 Å². The van der Waals surface area contributed by atoms with Crippen molar-refractivity contribution in [2.24, 2.45) is 23.6 Å². The Morgan fingerprint density at radius 1 is 1.14 bits per heavy atom. The molecule has 1 aromatic carbocycles. The van der Waals surface area contributed by atoms with Crippen LogP contribution in [-0.2, 0) is 0 Å². The predicted octanol–water partition coefficient (Wildman–Crippen LogP) is 4.59. The van der Waals surface area contributed by atoms with Gasteiger partial charge in [0.15, 0.2) is 0 Å². The maximum Gasteiger partial charge on any atom is 0.123 e. The fourth-order valence-electron chi connectivity index (χ4n) is 4.45. The second-order valence-electron chi connectivity index (χ2n) is 6.69. The van der Waals surface area contributed by atoms with Crippen LogP contribution in [0.2, 0.25) is 5.02 Å². The fourth-order valence-corrected chi connectivity index (χ4v) is 4.68. The fraction of sp³-hybridized carbons (Fsp3) is 0.647. The zero-order chi connectivity index (χ0) is 14.8. The molecule has 0 saturated heterocycles. The molecule has 116 valence electrons. The molecule has 0 aromatic heterocycles. The smallest absolute Gasteiger partial charge is 0.123 e. The minimum absolute atomic E-state index is 0.0453. The zero-order valence-corrected chi connectivity index (χ0v) is 13.1. The van der Waals surface area contributed by atoms with Gasteiger partial charge in [-0.15, -0.1) is 0 Å². The number of fused-ring (bicyclic) bond motifs is 1. The molecule has 0 radical (unpaired) electrons. The lowest BCUT2D eigenvalue weighted by Gasteiger charge is -2.42. The summed E-state index contributed by atoms with van der Waals surface area (Å²) < 4.78 is 13.6. The number of hydrogen-bond donors (Lipinski definition) is 2. The molecule has 4 unspecified atom stereocenters. The number of halogens is 2. The van der Waals surface area contributed by atoms with Crippen molar-refractivity contribution in [2.75, 3.05) is 0 Å². The van der Waals surface area contributed by atoms with E-state index in [0.717, 1.165) is 23.8 Å². The normalized spacial score (nSPS) is 30.7. The highest BCUT2D eigenvalue weighted by atomic mass is 35.5. The van der Waals surface area contributed by atoms with Gasteiger partial charge < -0.3 is 0 Å². The van der Waals surface area contributed by atoms with E-state index in [4.69, 9.17) is 17.4 Å². The van der Waals surface area contributed by atoms with Crippen molar-refractivity contribution in [3.05, 3.63) is 34.6 Å². The number of nitrogens with two attached hydrogens (primary N) is 1. The maximum atomic E-state index is 13.6. The summed E-state index contributed by atoms with van der Waals surface area (Å²) in [6.45, 7) is 0. The summed E-state index contributed by atoms with van der Waals surface area (Å²) in [6, 6.07) is 4.51. The van der Waals surface area contributed by atoms with Gasteiger partial charge in [0.25, 0.3) is 0 Å². The van der Waals surface area contributed by atoms with Crippen LogP contribution in [0.15, 0.2) is 18.2 Å². The monoisotopic (exact) mass is 310 g/mol. The van der Waals surface area contributed by atoms with Crippen LogP contribution in [0.5, 0.6) is 0 Å². The topological polar surface area (TPSA) is 38.0 Å². The van der Waals surface area contributed by atoms with Gasteiger partial charge in [0.1, 0.15) is 5.82 Å². The SMILES string of the molecule is NNC(c1cc(F)ccc1Cl)C1CCC2CCCCC2C1. The van der Waals surface area contributed by atoms with Crippen molar-refractivity contribution in [1.82, 2.24) is 5.43 Å². The summed E-state index contributed by atoms with van der Waals surface area (Å²) in [7, 11) is 0. The van der Waals surface area contributed by atoms with E-state index >= 15 is 0 Å². The Kier molecular flexibility index (Phi) is 4.82. The molecular weight excluding hydrogens is 287 g/mol. The molecule has 4 atom stereocenters. The molecule has 2 fully saturated rings. The van der Waals surface area contributed by atoms with Crippen LogP contribution in [0.1, 0.15) is 56.6 Å². The largest absolute Gasteiger partial charge is 0.271 e. The van der Waals surface area contributed by atoms with Crippen molar-refractivity contribution in [3.8, 4) is 0 Å². The van der Waals surface area contributed by atoms with Gasteiger partial charge in [-0.05, 0) is 60.8 Å². The highest BCUT2D eigenvalue weighted by Crippen LogP contribution is 2.46. The highest BCUT2D eigenvalue weighted by Gasteiger charge is 2.36. The van der Waals surface area contributed by atoms with Crippen LogP contribution in [0.25, 0.3) is 0 Å². The summed E-state index contributed by atoms with van der Waals surface area (Å²) in [5, 5.41) is 0.602. The van der Waals surface area contributed by atoms with Crippen molar-refractivity contribution < 1.29 is 4.39 Å². The third kappa shape index (κ3) is 3.25. The maximum absolute atomic E-state index is 13.6. The number of nitrogens with one attached hydrogen (secondary N) is 1. The van der Waals surface area contributed by atoms with E-state index in [1.165, 1.54) is 50.7 Å². The van der Waals surface area contributed by atoms with E-state index in [2.05, 4.69) is 5.43 Å². The van der Waals surface area contributed by atoms with Gasteiger partial charge in [0.2, 0.25) is 0 Å². The Morgan fingerprint density at radius 3 is 2.67 bits per heavy atom. The van der Waals surface area contributed by atoms with Gasteiger partial charge in [-0.2, -0.15) is 0 Å². The first-order valence-electron chi connectivity index (χ1n) is 8.10. The minimum Gasteiger partial charge on any atom is -0.271 e. The quantitative estimate of drug-likeness (QED) is 0.633. The van der Waals surface area contributed by atoms with Crippen LogP contribution in [-0.4, -0.2) is 0 Å². The third-order valence-corrected chi connectivity index (χ3v) is 5.87. The molecule has 2 aliphatic carbocycles. The van der Waals surface area contributed by atoms with Gasteiger partial charge in [0, 0.05) is 5.02 Å². The average molecular weight is 311 g/mol. The summed E-state index contributed by atoms with van der Waals surface area (Å²) in [4.78, 5) is 0. The second-order valence-corrected chi connectivity index (χ2v) is 7.10. The lowest BCUT2D eigenvalue weighted by atomic mass is 9.65. The summed E-state index contributed by atoms with van der Waals surface area (Å²) >= 11 is 6.26. The minimum atomic E-state index is -0.249. The summed E-state index contributed by atoms with van der Waals surface area (Å²) in [6.07, 6.45) is 9.10. The molecule has 0 amide bonds. The van der Waals surface area contributed by atoms with E-state index in [-0.39, 0.29) is 11.9 Å². The molecule has 2 saturated carbocycles. The van der Waals surface area contributed by atoms with Crippen LogP contribution < -0.4 is 11.3 Å². The first kappa shape index (κ1) is 15.3. The zero-order valence-electron chi connectivity index (χ0n) is 12.3. The van der Waals surface area contributed by atoms with Gasteiger partial charge in [-0.1, -0.05) is 37.3 Å². The average Bonchev–Trinajstić information content (AvgIpc) is 2.51. The number of rotatable bonds is 3. The number of hydrogen-bond acceptors (Lipinski definition) is 2. The van der Waals surface area contributed by atoms with Gasteiger partial charge in [-0.25, -0.2) is 4.39 Å². The molecule has 2 nitrogen and oxygen atoms in total. The molecule has 0 aliphatic heterocycles. The molecular formula is C17H24ClFN2. The van der Waals surface area contributed by atoms with Crippen molar-refractivity contribution in [2.45, 2.75) is 51.0 Å². The van der Waals surface area contributed by atoms with E-state index in [1.54, 1.807) is 6.07 Å². The van der Waals surface area contributed by atoms with E-state index in [1.807, 2.05) is 0 Å². The third-order valence-electron chi connectivity index (χ3n) is 5.52. The summed E-state index contributed by atoms with van der Waals surface area (Å²) in [5.41, 5.74) is 3.70. The van der Waals surface area contributed by atoms with E-state index in [0.29, 0.717) is 10.9 Å².